The lowest BCUT2D eigenvalue weighted by Gasteiger charge is -2.36. The molecule has 7 nitrogen and oxygen atoms in total. The second-order valence-corrected chi connectivity index (χ2v) is 7.67. The summed E-state index contributed by atoms with van der Waals surface area (Å²) in [6.07, 6.45) is 0.672. The molecule has 3 aromatic rings. The lowest BCUT2D eigenvalue weighted by molar-refractivity contribution is 0.259. The van der Waals surface area contributed by atoms with Crippen molar-refractivity contribution in [2.75, 3.05) is 51.8 Å². The van der Waals surface area contributed by atoms with Gasteiger partial charge in [0.15, 0.2) is 11.5 Å². The van der Waals surface area contributed by atoms with Crippen LogP contribution in [0.2, 0.25) is 5.02 Å². The molecule has 2 heterocycles. The van der Waals surface area contributed by atoms with Crippen LogP contribution in [0.25, 0.3) is 10.9 Å². The molecule has 0 saturated carbocycles. The summed E-state index contributed by atoms with van der Waals surface area (Å²) in [6.45, 7) is 4.55. The zero-order valence-electron chi connectivity index (χ0n) is 17.2. The highest BCUT2D eigenvalue weighted by Crippen LogP contribution is 2.30. The Labute approximate surface area is 180 Å². The van der Waals surface area contributed by atoms with Gasteiger partial charge in [-0.15, -0.1) is 0 Å². The van der Waals surface area contributed by atoms with Gasteiger partial charge < -0.3 is 19.4 Å². The maximum Gasteiger partial charge on any atom is 0.258 e. The quantitative estimate of drug-likeness (QED) is 0.651. The maximum absolute atomic E-state index is 12.5. The number of rotatable bonds is 6. The van der Waals surface area contributed by atoms with E-state index in [4.69, 9.17) is 21.1 Å². The second-order valence-electron chi connectivity index (χ2n) is 7.27. The Morgan fingerprint density at radius 2 is 1.77 bits per heavy atom. The number of H-pyrrole nitrogens is 1. The van der Waals surface area contributed by atoms with Crippen LogP contribution in [0, 0.1) is 0 Å². The van der Waals surface area contributed by atoms with Crippen molar-refractivity contribution in [1.29, 1.82) is 0 Å². The molecule has 0 amide bonds. The summed E-state index contributed by atoms with van der Waals surface area (Å²) in [5.41, 5.74) is 1.53. The highest BCUT2D eigenvalue weighted by Gasteiger charge is 2.19. The fourth-order valence-corrected chi connectivity index (χ4v) is 4.07. The molecule has 1 N–H and O–H groups in total. The number of fused-ring (bicyclic) bond motifs is 1. The lowest BCUT2D eigenvalue weighted by Crippen LogP contribution is -2.47. The molecule has 0 bridgehead atoms. The van der Waals surface area contributed by atoms with E-state index in [9.17, 15) is 4.79 Å². The average molecular weight is 429 g/mol. The standard InChI is InChI=1S/C22H25ClN4O3/c1-29-19-13-15-17(14-20(19)30-2)24-21(25-22(15)28)7-8-26-9-11-27(12-10-26)18-6-4-3-5-16(18)23/h3-6,13-14H,7-12H2,1-2H3,(H,24,25,28). The normalized spacial score (nSPS) is 14.8. The number of hydrogen-bond donors (Lipinski definition) is 1. The number of piperazine rings is 1. The Hall–Kier alpha value is -2.77. The van der Waals surface area contributed by atoms with Crippen LogP contribution in [-0.2, 0) is 6.42 Å². The third-order valence-corrected chi connectivity index (χ3v) is 5.81. The Balaban J connectivity index is 1.42. The first-order chi connectivity index (χ1) is 14.6. The largest absolute Gasteiger partial charge is 0.493 e. The van der Waals surface area contributed by atoms with Crippen LogP contribution in [0.1, 0.15) is 5.82 Å². The van der Waals surface area contributed by atoms with Crippen molar-refractivity contribution in [3.05, 3.63) is 57.6 Å². The van der Waals surface area contributed by atoms with Crippen molar-refractivity contribution in [1.82, 2.24) is 14.9 Å². The molecule has 1 aliphatic rings. The summed E-state index contributed by atoms with van der Waals surface area (Å²) in [4.78, 5) is 24.8. The minimum Gasteiger partial charge on any atom is -0.493 e. The SMILES string of the molecule is COc1cc2nc(CCN3CCN(c4ccccc4Cl)CC3)[nH]c(=O)c2cc1OC. The fourth-order valence-electron chi connectivity index (χ4n) is 3.82. The molecule has 0 aliphatic carbocycles. The van der Waals surface area contributed by atoms with E-state index < -0.39 is 0 Å². The van der Waals surface area contributed by atoms with E-state index in [0.29, 0.717) is 34.6 Å². The summed E-state index contributed by atoms with van der Waals surface area (Å²) < 4.78 is 10.6. The Morgan fingerprint density at radius 3 is 2.47 bits per heavy atom. The molecular formula is C22H25ClN4O3. The van der Waals surface area contributed by atoms with Crippen molar-refractivity contribution in [2.45, 2.75) is 6.42 Å². The topological polar surface area (TPSA) is 70.7 Å². The van der Waals surface area contributed by atoms with Gasteiger partial charge in [-0.1, -0.05) is 23.7 Å². The number of benzene rings is 2. The molecule has 158 valence electrons. The number of anilines is 1. The molecule has 1 aliphatic heterocycles. The summed E-state index contributed by atoms with van der Waals surface area (Å²) in [7, 11) is 3.12. The van der Waals surface area contributed by atoms with E-state index >= 15 is 0 Å². The fraction of sp³-hybridized carbons (Fsp3) is 0.364. The molecule has 0 atom stereocenters. The predicted octanol–water partition coefficient (Wildman–Crippen LogP) is 2.96. The van der Waals surface area contributed by atoms with Crippen molar-refractivity contribution >= 4 is 28.2 Å². The number of halogens is 1. The number of nitrogens with zero attached hydrogens (tertiary/aromatic N) is 3. The van der Waals surface area contributed by atoms with E-state index in [1.807, 2.05) is 18.2 Å². The molecule has 0 radical (unpaired) electrons. The predicted molar refractivity (Wildman–Crippen MR) is 119 cm³/mol. The van der Waals surface area contributed by atoms with Gasteiger partial charge in [0.05, 0.1) is 35.8 Å². The third kappa shape index (κ3) is 4.22. The number of aromatic nitrogens is 2. The van der Waals surface area contributed by atoms with Gasteiger partial charge in [-0.3, -0.25) is 9.69 Å². The Kier molecular flexibility index (Phi) is 6.11. The van der Waals surface area contributed by atoms with E-state index in [1.165, 1.54) is 0 Å². The second kappa shape index (κ2) is 8.93. The molecular weight excluding hydrogens is 404 g/mol. The number of para-hydroxylation sites is 1. The maximum atomic E-state index is 12.5. The van der Waals surface area contributed by atoms with Gasteiger partial charge >= 0.3 is 0 Å². The number of ether oxygens (including phenoxy) is 2. The van der Waals surface area contributed by atoms with Crippen LogP contribution in [0.4, 0.5) is 5.69 Å². The van der Waals surface area contributed by atoms with Crippen molar-refractivity contribution < 1.29 is 9.47 Å². The van der Waals surface area contributed by atoms with Crippen LogP contribution in [0.5, 0.6) is 11.5 Å². The van der Waals surface area contributed by atoms with Gasteiger partial charge in [0.2, 0.25) is 0 Å². The Morgan fingerprint density at radius 1 is 1.07 bits per heavy atom. The number of methoxy groups -OCH3 is 2. The van der Waals surface area contributed by atoms with Crippen molar-refractivity contribution in [2.24, 2.45) is 0 Å². The average Bonchev–Trinajstić information content (AvgIpc) is 2.77. The number of hydrogen-bond acceptors (Lipinski definition) is 6. The smallest absolute Gasteiger partial charge is 0.258 e. The highest BCUT2D eigenvalue weighted by atomic mass is 35.5. The molecule has 4 rings (SSSR count). The zero-order chi connectivity index (χ0) is 21.1. The molecule has 8 heteroatoms. The summed E-state index contributed by atoms with van der Waals surface area (Å²) in [5, 5.41) is 1.28. The molecule has 1 fully saturated rings. The summed E-state index contributed by atoms with van der Waals surface area (Å²) in [6, 6.07) is 11.4. The first-order valence-electron chi connectivity index (χ1n) is 9.96. The van der Waals surface area contributed by atoms with Gasteiger partial charge in [0.1, 0.15) is 5.82 Å². The van der Waals surface area contributed by atoms with Gasteiger partial charge in [-0.2, -0.15) is 0 Å². The molecule has 1 saturated heterocycles. The van der Waals surface area contributed by atoms with Crippen LogP contribution in [0.3, 0.4) is 0 Å². The summed E-state index contributed by atoms with van der Waals surface area (Å²) in [5.74, 6) is 1.75. The van der Waals surface area contributed by atoms with Crippen LogP contribution >= 0.6 is 11.6 Å². The minimum atomic E-state index is -0.167. The highest BCUT2D eigenvalue weighted by molar-refractivity contribution is 6.33. The van der Waals surface area contributed by atoms with Gasteiger partial charge in [0, 0.05) is 45.2 Å². The van der Waals surface area contributed by atoms with Crippen LogP contribution in [0.15, 0.2) is 41.2 Å². The third-order valence-electron chi connectivity index (χ3n) is 5.49. The van der Waals surface area contributed by atoms with Gasteiger partial charge in [0.25, 0.3) is 5.56 Å². The van der Waals surface area contributed by atoms with E-state index in [0.717, 1.165) is 43.4 Å². The van der Waals surface area contributed by atoms with Gasteiger partial charge in [-0.25, -0.2) is 4.98 Å². The summed E-state index contributed by atoms with van der Waals surface area (Å²) >= 11 is 6.32. The van der Waals surface area contributed by atoms with Crippen molar-refractivity contribution in [3.63, 3.8) is 0 Å². The van der Waals surface area contributed by atoms with Crippen LogP contribution in [-0.4, -0.2) is 61.8 Å². The van der Waals surface area contributed by atoms with E-state index in [2.05, 4.69) is 25.8 Å². The monoisotopic (exact) mass is 428 g/mol. The van der Waals surface area contributed by atoms with Gasteiger partial charge in [-0.05, 0) is 18.2 Å². The molecule has 0 unspecified atom stereocenters. The van der Waals surface area contributed by atoms with Crippen LogP contribution < -0.4 is 19.9 Å². The minimum absolute atomic E-state index is 0.167. The molecule has 1 aromatic heterocycles. The molecule has 2 aromatic carbocycles. The molecule has 30 heavy (non-hydrogen) atoms. The van der Waals surface area contributed by atoms with Crippen molar-refractivity contribution in [3.8, 4) is 11.5 Å². The van der Waals surface area contributed by atoms with E-state index in [1.54, 1.807) is 26.4 Å². The number of aromatic amines is 1. The van der Waals surface area contributed by atoms with E-state index in [-0.39, 0.29) is 5.56 Å². The molecule has 0 spiro atoms. The zero-order valence-corrected chi connectivity index (χ0v) is 17.9. The first kappa shape index (κ1) is 20.5. The Bertz CT molecular complexity index is 1090. The first-order valence-corrected chi connectivity index (χ1v) is 10.3. The lowest BCUT2D eigenvalue weighted by atomic mass is 10.2. The number of nitrogens with one attached hydrogen (secondary N) is 1.